The van der Waals surface area contributed by atoms with E-state index < -0.39 is 0 Å². The maximum absolute atomic E-state index is 4.08. The fraction of sp³-hybridized carbons (Fsp3) is 0.667. The molecule has 0 aliphatic heterocycles. The molecule has 0 aliphatic rings. The fourth-order valence-corrected chi connectivity index (χ4v) is 0.591. The molecule has 0 aliphatic carbocycles. The second-order valence-electron chi connectivity index (χ2n) is 3.22. The third-order valence-corrected chi connectivity index (χ3v) is 1.15. The Balaban J connectivity index is 0.000000561. The molecule has 0 N–H and O–H groups in total. The summed E-state index contributed by atoms with van der Waals surface area (Å²) in [6, 6.07) is 0. The topological polar surface area (TPSA) is 38.7 Å². The first-order chi connectivity index (χ1) is 5.61. The second kappa shape index (κ2) is 4.80. The lowest BCUT2D eigenvalue weighted by atomic mass is 9.96. The predicted octanol–water partition coefficient (Wildman–Crippen LogP) is 2.20. The summed E-state index contributed by atoms with van der Waals surface area (Å²) in [6.07, 6.45) is 3.24. The van der Waals surface area contributed by atoms with Gasteiger partial charge in [-0.2, -0.15) is 5.10 Å². The van der Waals surface area contributed by atoms with E-state index in [4.69, 9.17) is 0 Å². The zero-order valence-corrected chi connectivity index (χ0v) is 8.50. The zero-order chi connectivity index (χ0) is 9.61. The van der Waals surface area contributed by atoms with Crippen molar-refractivity contribution in [1.29, 1.82) is 0 Å². The van der Waals surface area contributed by atoms with Crippen LogP contribution < -0.4 is 0 Å². The number of hydrogen-bond acceptors (Lipinski definition) is 3. The summed E-state index contributed by atoms with van der Waals surface area (Å²) in [5.74, 6) is 0.787. The highest BCUT2D eigenvalue weighted by Gasteiger charge is 2.16. The molecule has 0 spiro atoms. The largest absolute Gasteiger partial charge is 0.237 e. The van der Waals surface area contributed by atoms with Gasteiger partial charge in [-0.25, -0.2) is 4.98 Å². The van der Waals surface area contributed by atoms with Crippen molar-refractivity contribution in [3.8, 4) is 0 Å². The van der Waals surface area contributed by atoms with E-state index in [0.29, 0.717) is 0 Å². The van der Waals surface area contributed by atoms with E-state index in [1.165, 1.54) is 0 Å². The summed E-state index contributed by atoms with van der Waals surface area (Å²) in [5.41, 5.74) is 0.00819. The second-order valence-corrected chi connectivity index (χ2v) is 3.22. The van der Waals surface area contributed by atoms with Crippen molar-refractivity contribution >= 4 is 0 Å². The van der Waals surface area contributed by atoms with Crippen LogP contribution in [0.1, 0.15) is 40.4 Å². The molecule has 3 heteroatoms. The minimum Gasteiger partial charge on any atom is -0.237 e. The lowest BCUT2D eigenvalue weighted by Gasteiger charge is -2.13. The Bertz CT molecular complexity index is 201. The Labute approximate surface area is 74.3 Å². The minimum absolute atomic E-state index is 0.00819. The number of rotatable bonds is 0. The molecule has 1 aromatic heterocycles. The van der Waals surface area contributed by atoms with Gasteiger partial charge in [-0.1, -0.05) is 34.6 Å². The van der Waals surface area contributed by atoms with E-state index in [-0.39, 0.29) is 5.41 Å². The van der Waals surface area contributed by atoms with Crippen molar-refractivity contribution in [1.82, 2.24) is 15.2 Å². The maximum atomic E-state index is 4.08. The first-order valence-corrected chi connectivity index (χ1v) is 4.25. The van der Waals surface area contributed by atoms with Crippen LogP contribution in [0.25, 0.3) is 0 Å². The van der Waals surface area contributed by atoms with Gasteiger partial charge in [-0.3, -0.25) is 0 Å². The SMILES string of the molecule is CC.CC(C)(C)c1nccnn1. The van der Waals surface area contributed by atoms with Crippen molar-refractivity contribution in [2.45, 2.75) is 40.0 Å². The van der Waals surface area contributed by atoms with Crippen LogP contribution in [0.2, 0.25) is 0 Å². The average molecular weight is 167 g/mol. The Morgan fingerprint density at radius 2 is 1.67 bits per heavy atom. The van der Waals surface area contributed by atoms with Crippen LogP contribution in [0, 0.1) is 0 Å². The van der Waals surface area contributed by atoms with Gasteiger partial charge in [0.25, 0.3) is 0 Å². The maximum Gasteiger partial charge on any atom is 0.156 e. The van der Waals surface area contributed by atoms with Gasteiger partial charge >= 0.3 is 0 Å². The molecule has 0 amide bonds. The van der Waals surface area contributed by atoms with E-state index >= 15 is 0 Å². The molecule has 1 heterocycles. The molecule has 0 fully saturated rings. The van der Waals surface area contributed by atoms with Gasteiger partial charge in [0.2, 0.25) is 0 Å². The molecular formula is C9H17N3. The molecular weight excluding hydrogens is 150 g/mol. The molecule has 0 bridgehead atoms. The summed E-state index contributed by atoms with van der Waals surface area (Å²) >= 11 is 0. The van der Waals surface area contributed by atoms with E-state index in [1.54, 1.807) is 12.4 Å². The van der Waals surface area contributed by atoms with Crippen LogP contribution in [0.5, 0.6) is 0 Å². The monoisotopic (exact) mass is 167 g/mol. The van der Waals surface area contributed by atoms with Crippen molar-refractivity contribution in [3.05, 3.63) is 18.2 Å². The zero-order valence-electron chi connectivity index (χ0n) is 8.50. The number of nitrogens with zero attached hydrogens (tertiary/aromatic N) is 3. The van der Waals surface area contributed by atoms with Crippen LogP contribution in [-0.2, 0) is 5.41 Å². The smallest absolute Gasteiger partial charge is 0.156 e. The predicted molar refractivity (Wildman–Crippen MR) is 49.9 cm³/mol. The molecule has 12 heavy (non-hydrogen) atoms. The molecule has 0 aromatic carbocycles. The number of aromatic nitrogens is 3. The summed E-state index contributed by atoms with van der Waals surface area (Å²) in [4.78, 5) is 4.08. The first kappa shape index (κ1) is 11.0. The van der Waals surface area contributed by atoms with Crippen LogP contribution in [0.4, 0.5) is 0 Å². The van der Waals surface area contributed by atoms with Crippen molar-refractivity contribution in [2.24, 2.45) is 0 Å². The van der Waals surface area contributed by atoms with Gasteiger partial charge in [0.1, 0.15) is 0 Å². The van der Waals surface area contributed by atoms with E-state index in [9.17, 15) is 0 Å². The lowest BCUT2D eigenvalue weighted by Crippen LogP contribution is -2.15. The molecule has 68 valence electrons. The van der Waals surface area contributed by atoms with Crippen molar-refractivity contribution < 1.29 is 0 Å². The molecule has 1 rings (SSSR count). The Kier molecular flexibility index (Phi) is 4.40. The van der Waals surface area contributed by atoms with Gasteiger partial charge in [-0.15, -0.1) is 5.10 Å². The van der Waals surface area contributed by atoms with Gasteiger partial charge in [0.15, 0.2) is 5.82 Å². The molecule has 0 radical (unpaired) electrons. The fourth-order valence-electron chi connectivity index (χ4n) is 0.591. The van der Waals surface area contributed by atoms with Crippen LogP contribution in [0.15, 0.2) is 12.4 Å². The molecule has 3 nitrogen and oxygen atoms in total. The van der Waals surface area contributed by atoms with Gasteiger partial charge in [-0.05, 0) is 0 Å². The Hall–Kier alpha value is -0.990. The molecule has 0 saturated heterocycles. The highest BCUT2D eigenvalue weighted by Crippen LogP contribution is 2.15. The lowest BCUT2D eigenvalue weighted by molar-refractivity contribution is 0.533. The molecule has 0 unspecified atom stereocenters. The minimum atomic E-state index is 0.00819. The summed E-state index contributed by atoms with van der Waals surface area (Å²) in [6.45, 7) is 10.2. The summed E-state index contributed by atoms with van der Waals surface area (Å²) < 4.78 is 0. The van der Waals surface area contributed by atoms with Gasteiger partial charge in [0.05, 0.1) is 6.20 Å². The normalized spacial score (nSPS) is 10.1. The van der Waals surface area contributed by atoms with Crippen molar-refractivity contribution in [2.75, 3.05) is 0 Å². The quantitative estimate of drug-likeness (QED) is 0.594. The average Bonchev–Trinajstić information content (AvgIpc) is 2.08. The highest BCUT2D eigenvalue weighted by atomic mass is 15.1. The van der Waals surface area contributed by atoms with E-state index in [0.717, 1.165) is 5.82 Å². The van der Waals surface area contributed by atoms with Crippen molar-refractivity contribution in [3.63, 3.8) is 0 Å². The Morgan fingerprint density at radius 1 is 1.08 bits per heavy atom. The molecule has 0 atom stereocenters. The van der Waals surface area contributed by atoms with Crippen LogP contribution >= 0.6 is 0 Å². The van der Waals surface area contributed by atoms with E-state index in [1.807, 2.05) is 13.8 Å². The summed E-state index contributed by atoms with van der Waals surface area (Å²) in [7, 11) is 0. The first-order valence-electron chi connectivity index (χ1n) is 4.25. The highest BCUT2D eigenvalue weighted by molar-refractivity contribution is 4.97. The third kappa shape index (κ3) is 3.42. The third-order valence-electron chi connectivity index (χ3n) is 1.15. The standard InChI is InChI=1S/C7H11N3.C2H6/c1-7(2,3)6-8-4-5-9-10-6;1-2/h4-5H,1-3H3;1-2H3. The van der Waals surface area contributed by atoms with E-state index in [2.05, 4.69) is 36.0 Å². The van der Waals surface area contributed by atoms with Crippen LogP contribution in [-0.4, -0.2) is 15.2 Å². The molecule has 0 saturated carbocycles. The van der Waals surface area contributed by atoms with Gasteiger partial charge < -0.3 is 0 Å². The van der Waals surface area contributed by atoms with Gasteiger partial charge in [0, 0.05) is 11.6 Å². The summed E-state index contributed by atoms with van der Waals surface area (Å²) in [5, 5.41) is 7.63. The van der Waals surface area contributed by atoms with Crippen LogP contribution in [0.3, 0.4) is 0 Å². The Morgan fingerprint density at radius 3 is 1.92 bits per heavy atom. The molecule has 1 aromatic rings. The number of hydrogen-bond donors (Lipinski definition) is 0.